The van der Waals surface area contributed by atoms with Crippen molar-refractivity contribution in [3.05, 3.63) is 30.3 Å². The maximum absolute atomic E-state index is 12.4. The van der Waals surface area contributed by atoms with Crippen LogP contribution in [0.15, 0.2) is 35.2 Å². The van der Waals surface area contributed by atoms with Crippen LogP contribution >= 0.6 is 11.8 Å². The summed E-state index contributed by atoms with van der Waals surface area (Å²) in [6, 6.07) is 9.86. The minimum Gasteiger partial charge on any atom is -0.348 e. The second-order valence-corrected chi connectivity index (χ2v) is 7.78. The van der Waals surface area contributed by atoms with Crippen molar-refractivity contribution in [1.29, 1.82) is 0 Å². The molecule has 23 heavy (non-hydrogen) atoms. The Morgan fingerprint density at radius 1 is 1.13 bits per heavy atom. The molecule has 1 saturated heterocycles. The number of benzene rings is 1. The van der Waals surface area contributed by atoms with E-state index in [-0.39, 0.29) is 22.9 Å². The van der Waals surface area contributed by atoms with E-state index in [9.17, 15) is 9.59 Å². The van der Waals surface area contributed by atoms with Gasteiger partial charge in [0.15, 0.2) is 5.79 Å². The highest BCUT2D eigenvalue weighted by Crippen LogP contribution is 2.39. The lowest BCUT2D eigenvalue weighted by atomic mass is 9.82. The Morgan fingerprint density at radius 2 is 1.78 bits per heavy atom. The van der Waals surface area contributed by atoms with Crippen LogP contribution in [0.25, 0.3) is 0 Å². The van der Waals surface area contributed by atoms with Crippen LogP contribution in [0.4, 0.5) is 0 Å². The molecule has 1 aliphatic carbocycles. The molecule has 0 aromatic heterocycles. The number of carbonyl (C=O) groups is 2. The molecule has 2 aliphatic rings. The van der Waals surface area contributed by atoms with E-state index in [1.165, 1.54) is 0 Å². The molecule has 1 aromatic rings. The van der Waals surface area contributed by atoms with Gasteiger partial charge in [-0.1, -0.05) is 18.2 Å². The SMILES string of the molecule is CC1(C)OCC(C(Sc2ccccc2)C2C(=O)CCCC2=O)O1. The Balaban J connectivity index is 1.86. The lowest BCUT2D eigenvalue weighted by Crippen LogP contribution is -2.44. The third-order valence-electron chi connectivity index (χ3n) is 4.28. The number of thioether (sulfide) groups is 1. The highest BCUT2D eigenvalue weighted by atomic mass is 32.2. The first kappa shape index (κ1) is 16.7. The number of ketones is 2. The van der Waals surface area contributed by atoms with Gasteiger partial charge in [0.2, 0.25) is 0 Å². The summed E-state index contributed by atoms with van der Waals surface area (Å²) >= 11 is 1.55. The quantitative estimate of drug-likeness (QED) is 0.625. The van der Waals surface area contributed by atoms with Gasteiger partial charge in [-0.3, -0.25) is 9.59 Å². The molecule has 0 bridgehead atoms. The molecule has 2 atom stereocenters. The molecule has 124 valence electrons. The van der Waals surface area contributed by atoms with Gasteiger partial charge >= 0.3 is 0 Å². The number of hydrogen-bond donors (Lipinski definition) is 0. The van der Waals surface area contributed by atoms with Gasteiger partial charge in [0.05, 0.1) is 23.9 Å². The molecule has 1 aromatic carbocycles. The van der Waals surface area contributed by atoms with Gasteiger partial charge in [-0.05, 0) is 32.4 Å². The van der Waals surface area contributed by atoms with Crippen molar-refractivity contribution in [3.63, 3.8) is 0 Å². The first-order valence-electron chi connectivity index (χ1n) is 8.05. The first-order valence-corrected chi connectivity index (χ1v) is 8.93. The molecular formula is C18H22O4S. The topological polar surface area (TPSA) is 52.6 Å². The standard InChI is InChI=1S/C18H22O4S/c1-18(2)21-11-15(22-18)17(23-12-7-4-3-5-8-12)16-13(19)9-6-10-14(16)20/h3-5,7-8,15-17H,6,9-11H2,1-2H3. The third-order valence-corrected chi connectivity index (χ3v) is 5.67. The molecule has 0 spiro atoms. The number of hydrogen-bond acceptors (Lipinski definition) is 5. The Hall–Kier alpha value is -1.17. The van der Waals surface area contributed by atoms with E-state index in [0.29, 0.717) is 25.9 Å². The van der Waals surface area contributed by atoms with Crippen LogP contribution in [0.5, 0.6) is 0 Å². The molecule has 2 unspecified atom stereocenters. The van der Waals surface area contributed by atoms with E-state index >= 15 is 0 Å². The summed E-state index contributed by atoms with van der Waals surface area (Å²) in [7, 11) is 0. The van der Waals surface area contributed by atoms with Crippen LogP contribution in [0.2, 0.25) is 0 Å². The van der Waals surface area contributed by atoms with Crippen molar-refractivity contribution in [3.8, 4) is 0 Å². The summed E-state index contributed by atoms with van der Waals surface area (Å²) < 4.78 is 11.7. The van der Waals surface area contributed by atoms with Crippen molar-refractivity contribution >= 4 is 23.3 Å². The van der Waals surface area contributed by atoms with Crippen LogP contribution in [0.1, 0.15) is 33.1 Å². The number of ether oxygens (including phenoxy) is 2. The zero-order valence-corrected chi connectivity index (χ0v) is 14.3. The predicted molar refractivity (Wildman–Crippen MR) is 88.3 cm³/mol. The second kappa shape index (κ2) is 6.75. The molecule has 5 heteroatoms. The smallest absolute Gasteiger partial charge is 0.163 e. The molecule has 4 nitrogen and oxygen atoms in total. The van der Waals surface area contributed by atoms with Crippen LogP contribution in [0.3, 0.4) is 0 Å². The zero-order valence-electron chi connectivity index (χ0n) is 13.5. The fourth-order valence-corrected chi connectivity index (χ4v) is 4.54. The maximum atomic E-state index is 12.4. The Morgan fingerprint density at radius 3 is 2.35 bits per heavy atom. The van der Waals surface area contributed by atoms with Gasteiger partial charge in [0.1, 0.15) is 11.6 Å². The van der Waals surface area contributed by atoms with Crippen molar-refractivity contribution in [2.75, 3.05) is 6.61 Å². The van der Waals surface area contributed by atoms with Crippen molar-refractivity contribution < 1.29 is 19.1 Å². The molecule has 0 radical (unpaired) electrons. The fraction of sp³-hybridized carbons (Fsp3) is 0.556. The van der Waals surface area contributed by atoms with Gasteiger partial charge in [0.25, 0.3) is 0 Å². The molecule has 1 saturated carbocycles. The van der Waals surface area contributed by atoms with Crippen LogP contribution in [0, 0.1) is 5.92 Å². The summed E-state index contributed by atoms with van der Waals surface area (Å²) in [5.74, 6) is -1.16. The van der Waals surface area contributed by atoms with Crippen molar-refractivity contribution in [2.45, 2.75) is 55.1 Å². The Bertz CT molecular complexity index is 568. The van der Waals surface area contributed by atoms with Crippen molar-refractivity contribution in [2.24, 2.45) is 5.92 Å². The molecule has 3 rings (SSSR count). The number of carbonyl (C=O) groups excluding carboxylic acids is 2. The van der Waals surface area contributed by atoms with Gasteiger partial charge in [-0.15, -0.1) is 11.8 Å². The van der Waals surface area contributed by atoms with Gasteiger partial charge < -0.3 is 9.47 Å². The fourth-order valence-electron chi connectivity index (χ4n) is 3.19. The highest BCUT2D eigenvalue weighted by molar-refractivity contribution is 8.00. The Kier molecular flexibility index (Phi) is 4.90. The largest absolute Gasteiger partial charge is 0.348 e. The van der Waals surface area contributed by atoms with E-state index in [2.05, 4.69) is 0 Å². The normalized spacial score (nSPS) is 26.4. The predicted octanol–water partition coefficient (Wildman–Crippen LogP) is 3.24. The Labute approximate surface area is 140 Å². The summed E-state index contributed by atoms with van der Waals surface area (Å²) in [5, 5.41) is -0.237. The molecule has 1 aliphatic heterocycles. The van der Waals surface area contributed by atoms with Gasteiger partial charge in [-0.2, -0.15) is 0 Å². The van der Waals surface area contributed by atoms with Gasteiger partial charge in [0, 0.05) is 17.7 Å². The minimum absolute atomic E-state index is 0.0444. The lowest BCUT2D eigenvalue weighted by Gasteiger charge is -2.31. The summed E-state index contributed by atoms with van der Waals surface area (Å²) in [4.78, 5) is 25.9. The van der Waals surface area contributed by atoms with E-state index in [0.717, 1.165) is 4.90 Å². The molecule has 2 fully saturated rings. The van der Waals surface area contributed by atoms with Crippen molar-refractivity contribution in [1.82, 2.24) is 0 Å². The number of Topliss-reactive ketones (excluding diaryl/α,β-unsaturated/α-hetero) is 2. The lowest BCUT2D eigenvalue weighted by molar-refractivity contribution is -0.146. The maximum Gasteiger partial charge on any atom is 0.163 e. The summed E-state index contributed by atoms with van der Waals surface area (Å²) in [6.45, 7) is 4.14. The van der Waals surface area contributed by atoms with E-state index < -0.39 is 11.7 Å². The second-order valence-electron chi connectivity index (χ2n) is 6.53. The van der Waals surface area contributed by atoms with E-state index in [1.54, 1.807) is 11.8 Å². The van der Waals surface area contributed by atoms with E-state index in [1.807, 2.05) is 44.2 Å². The minimum atomic E-state index is -0.666. The van der Waals surface area contributed by atoms with Crippen LogP contribution in [-0.2, 0) is 19.1 Å². The average Bonchev–Trinajstić information content (AvgIpc) is 2.87. The monoisotopic (exact) mass is 334 g/mol. The first-order chi connectivity index (χ1) is 11.0. The molecule has 0 amide bonds. The highest BCUT2D eigenvalue weighted by Gasteiger charge is 2.46. The number of rotatable bonds is 4. The van der Waals surface area contributed by atoms with Crippen LogP contribution in [-0.4, -0.2) is 35.3 Å². The van der Waals surface area contributed by atoms with Crippen LogP contribution < -0.4 is 0 Å². The zero-order chi connectivity index (χ0) is 16.4. The molecular weight excluding hydrogens is 312 g/mol. The average molecular weight is 334 g/mol. The molecule has 1 heterocycles. The van der Waals surface area contributed by atoms with E-state index in [4.69, 9.17) is 9.47 Å². The summed E-state index contributed by atoms with van der Waals surface area (Å²) in [5.41, 5.74) is 0. The third kappa shape index (κ3) is 3.84. The van der Waals surface area contributed by atoms with Gasteiger partial charge in [-0.25, -0.2) is 0 Å². The summed E-state index contributed by atoms with van der Waals surface area (Å²) in [6.07, 6.45) is 1.38. The molecule has 0 N–H and O–H groups in total.